The summed E-state index contributed by atoms with van der Waals surface area (Å²) in [6, 6.07) is 17.8. The summed E-state index contributed by atoms with van der Waals surface area (Å²) in [4.78, 5) is 25.4. The molecule has 0 radical (unpaired) electrons. The molecule has 0 aliphatic rings. The van der Waals surface area contributed by atoms with Crippen LogP contribution in [-0.2, 0) is 14.8 Å². The molecule has 0 atom stereocenters. The van der Waals surface area contributed by atoms with E-state index in [0.717, 1.165) is 29.8 Å². The summed E-state index contributed by atoms with van der Waals surface area (Å²) >= 11 is 0. The second kappa shape index (κ2) is 7.74. The van der Waals surface area contributed by atoms with E-state index < -0.39 is 27.5 Å². The van der Waals surface area contributed by atoms with Gasteiger partial charge in [0.2, 0.25) is 0 Å². The predicted molar refractivity (Wildman–Crippen MR) is 103 cm³/mol. The summed E-state index contributed by atoms with van der Waals surface area (Å²) in [7, 11) is -4.40. The first-order chi connectivity index (χ1) is 13.3. The Labute approximate surface area is 162 Å². The highest BCUT2D eigenvalue weighted by Gasteiger charge is 2.35. The molecule has 0 aliphatic carbocycles. The van der Waals surface area contributed by atoms with E-state index in [0.29, 0.717) is 4.31 Å². The van der Waals surface area contributed by atoms with Crippen LogP contribution in [0.15, 0.2) is 83.8 Å². The van der Waals surface area contributed by atoms with Crippen molar-refractivity contribution in [3.63, 3.8) is 0 Å². The van der Waals surface area contributed by atoms with Crippen LogP contribution in [0.3, 0.4) is 0 Å². The second-order valence-electron chi connectivity index (χ2n) is 6.06. The van der Waals surface area contributed by atoms with Gasteiger partial charge in [-0.3, -0.25) is 9.59 Å². The van der Waals surface area contributed by atoms with Gasteiger partial charge in [0, 0.05) is 5.56 Å². The number of carbonyl (C=O) groups is 2. The molecule has 3 rings (SSSR count). The zero-order valence-corrected chi connectivity index (χ0v) is 15.7. The van der Waals surface area contributed by atoms with Crippen molar-refractivity contribution in [1.29, 1.82) is 0 Å². The van der Waals surface area contributed by atoms with Crippen molar-refractivity contribution in [2.75, 3.05) is 4.31 Å². The lowest BCUT2D eigenvalue weighted by atomic mass is 10.1. The number of sulfonamides is 1. The molecule has 0 N–H and O–H groups in total. The summed E-state index contributed by atoms with van der Waals surface area (Å²) in [5.41, 5.74) is 0.758. The number of hydrogen-bond acceptors (Lipinski definition) is 4. The number of halogens is 1. The van der Waals surface area contributed by atoms with Crippen LogP contribution in [0.4, 0.5) is 10.1 Å². The highest BCUT2D eigenvalue weighted by atomic mass is 32.2. The fraction of sp³-hybridized carbons (Fsp3) is 0.0476. The molecule has 3 aromatic rings. The van der Waals surface area contributed by atoms with E-state index in [4.69, 9.17) is 0 Å². The Morgan fingerprint density at radius 2 is 1.39 bits per heavy atom. The third kappa shape index (κ3) is 3.84. The number of carbonyl (C=O) groups excluding carboxylic acids is 2. The van der Waals surface area contributed by atoms with Gasteiger partial charge in [-0.05, 0) is 43.3 Å². The Morgan fingerprint density at radius 3 is 1.96 bits per heavy atom. The van der Waals surface area contributed by atoms with Crippen molar-refractivity contribution in [2.45, 2.75) is 11.8 Å². The third-order valence-electron chi connectivity index (χ3n) is 4.04. The van der Waals surface area contributed by atoms with Crippen LogP contribution in [0.2, 0.25) is 0 Å². The highest BCUT2D eigenvalue weighted by molar-refractivity contribution is 7.93. The van der Waals surface area contributed by atoms with E-state index in [-0.39, 0.29) is 16.1 Å². The number of aryl methyl sites for hydroxylation is 1. The summed E-state index contributed by atoms with van der Waals surface area (Å²) in [5.74, 6) is -2.84. The zero-order chi connectivity index (χ0) is 20.3. The van der Waals surface area contributed by atoms with Gasteiger partial charge < -0.3 is 0 Å². The van der Waals surface area contributed by atoms with Crippen LogP contribution in [-0.4, -0.2) is 20.1 Å². The number of rotatable bonds is 5. The average molecular weight is 397 g/mol. The summed E-state index contributed by atoms with van der Waals surface area (Å²) < 4.78 is 40.1. The smallest absolute Gasteiger partial charge is 0.283 e. The molecule has 0 saturated heterocycles. The standard InChI is InChI=1S/C21H16FNO4S/c1-15-7-13-19(14-8-15)28(26,27)23(18-11-9-17(22)10-12-18)21(25)20(24)16-5-3-2-4-6-16/h2-14H,1H3. The normalized spacial score (nSPS) is 11.1. The average Bonchev–Trinajstić information content (AvgIpc) is 2.70. The molecule has 0 heterocycles. The second-order valence-corrected chi connectivity index (χ2v) is 7.85. The van der Waals surface area contributed by atoms with E-state index in [1.165, 1.54) is 24.3 Å². The van der Waals surface area contributed by atoms with E-state index in [1.807, 2.05) is 0 Å². The minimum absolute atomic E-state index is 0.0544. The maximum Gasteiger partial charge on any atom is 0.313 e. The lowest BCUT2D eigenvalue weighted by molar-refractivity contribution is -0.113. The number of anilines is 1. The van der Waals surface area contributed by atoms with Gasteiger partial charge in [-0.25, -0.2) is 12.8 Å². The van der Waals surface area contributed by atoms with Crippen LogP contribution in [0.5, 0.6) is 0 Å². The minimum Gasteiger partial charge on any atom is -0.283 e. The maximum atomic E-state index is 13.3. The number of amides is 1. The Balaban J connectivity index is 2.12. The van der Waals surface area contributed by atoms with Crippen molar-refractivity contribution in [1.82, 2.24) is 0 Å². The maximum absolute atomic E-state index is 13.3. The summed E-state index contributed by atoms with van der Waals surface area (Å²) in [5, 5.41) is 0. The van der Waals surface area contributed by atoms with E-state index >= 15 is 0 Å². The van der Waals surface area contributed by atoms with Crippen LogP contribution in [0, 0.1) is 12.7 Å². The van der Waals surface area contributed by atoms with Crippen molar-refractivity contribution in [3.05, 3.63) is 95.8 Å². The molecular weight excluding hydrogens is 381 g/mol. The van der Waals surface area contributed by atoms with Crippen LogP contribution < -0.4 is 4.31 Å². The molecule has 0 aromatic heterocycles. The topological polar surface area (TPSA) is 71.5 Å². The molecule has 0 saturated carbocycles. The highest BCUT2D eigenvalue weighted by Crippen LogP contribution is 2.25. The van der Waals surface area contributed by atoms with Gasteiger partial charge in [-0.2, -0.15) is 4.31 Å². The number of ketones is 1. The predicted octanol–water partition coefficient (Wildman–Crippen LogP) is 3.74. The first-order valence-electron chi connectivity index (χ1n) is 8.32. The largest absolute Gasteiger partial charge is 0.313 e. The first-order valence-corrected chi connectivity index (χ1v) is 9.76. The zero-order valence-electron chi connectivity index (χ0n) is 14.9. The van der Waals surface area contributed by atoms with Gasteiger partial charge in [-0.1, -0.05) is 48.0 Å². The molecule has 142 valence electrons. The van der Waals surface area contributed by atoms with Gasteiger partial charge in [-0.15, -0.1) is 0 Å². The number of benzene rings is 3. The van der Waals surface area contributed by atoms with Gasteiger partial charge >= 0.3 is 5.91 Å². The SMILES string of the molecule is Cc1ccc(S(=O)(=O)N(C(=O)C(=O)c2ccccc2)c2ccc(F)cc2)cc1. The number of Topliss-reactive ketones (excluding diaryl/α,β-unsaturated/α-hetero) is 1. The van der Waals surface area contributed by atoms with Gasteiger partial charge in [0.05, 0.1) is 10.6 Å². The molecule has 7 heteroatoms. The molecule has 0 unspecified atom stereocenters. The molecule has 0 spiro atoms. The fourth-order valence-corrected chi connectivity index (χ4v) is 3.95. The molecule has 28 heavy (non-hydrogen) atoms. The Kier molecular flexibility index (Phi) is 5.37. The lowest BCUT2D eigenvalue weighted by Gasteiger charge is -2.22. The van der Waals surface area contributed by atoms with Crippen molar-refractivity contribution < 1.29 is 22.4 Å². The summed E-state index contributed by atoms with van der Waals surface area (Å²) in [6.45, 7) is 1.79. The molecule has 1 amide bonds. The molecular formula is C21H16FNO4S. The first kappa shape index (κ1) is 19.4. The summed E-state index contributed by atoms with van der Waals surface area (Å²) in [6.07, 6.45) is 0. The molecule has 0 bridgehead atoms. The Hall–Kier alpha value is -3.32. The lowest BCUT2D eigenvalue weighted by Crippen LogP contribution is -2.41. The van der Waals surface area contributed by atoms with Gasteiger partial charge in [0.25, 0.3) is 15.8 Å². The molecule has 0 fully saturated rings. The Morgan fingerprint density at radius 1 is 0.821 bits per heavy atom. The van der Waals surface area contributed by atoms with Crippen LogP contribution >= 0.6 is 0 Å². The van der Waals surface area contributed by atoms with Crippen molar-refractivity contribution in [2.24, 2.45) is 0 Å². The molecule has 3 aromatic carbocycles. The number of hydrogen-bond donors (Lipinski definition) is 0. The Bertz CT molecular complexity index is 1110. The van der Waals surface area contributed by atoms with E-state index in [1.54, 1.807) is 37.3 Å². The number of nitrogens with zero attached hydrogens (tertiary/aromatic N) is 1. The van der Waals surface area contributed by atoms with Crippen molar-refractivity contribution >= 4 is 27.4 Å². The minimum atomic E-state index is -4.40. The molecule has 0 aliphatic heterocycles. The van der Waals surface area contributed by atoms with Crippen LogP contribution in [0.25, 0.3) is 0 Å². The molecule has 5 nitrogen and oxygen atoms in total. The van der Waals surface area contributed by atoms with Crippen molar-refractivity contribution in [3.8, 4) is 0 Å². The van der Waals surface area contributed by atoms with E-state index in [9.17, 15) is 22.4 Å². The third-order valence-corrected chi connectivity index (χ3v) is 5.76. The fourth-order valence-electron chi connectivity index (χ4n) is 2.56. The van der Waals surface area contributed by atoms with Gasteiger partial charge in [0.1, 0.15) is 5.82 Å². The van der Waals surface area contributed by atoms with Gasteiger partial charge in [0.15, 0.2) is 0 Å². The monoisotopic (exact) mass is 397 g/mol. The van der Waals surface area contributed by atoms with E-state index in [2.05, 4.69) is 0 Å². The quantitative estimate of drug-likeness (QED) is 0.486. The van der Waals surface area contributed by atoms with Crippen LogP contribution in [0.1, 0.15) is 15.9 Å².